The molecule has 0 saturated carbocycles. The number of benzene rings is 1. The lowest BCUT2D eigenvalue weighted by Crippen LogP contribution is -2.52. The lowest BCUT2D eigenvalue weighted by Gasteiger charge is -2.27. The van der Waals surface area contributed by atoms with E-state index in [-0.39, 0.29) is 22.3 Å². The molecule has 0 aliphatic carbocycles. The molecule has 13 nitrogen and oxygen atoms in total. The highest BCUT2D eigenvalue weighted by Crippen LogP contribution is 2.35. The first-order valence-electron chi connectivity index (χ1n) is 11.8. The number of carbonyl (C=O) groups is 2. The molecule has 0 bridgehead atoms. The summed E-state index contributed by atoms with van der Waals surface area (Å²) in [5.74, 6) is -3.60. The maximum atomic E-state index is 15.2. The number of hydrogen-bond acceptors (Lipinski definition) is 10. The number of carboxylic acid groups (broad SMARTS) is 2. The second-order valence-corrected chi connectivity index (χ2v) is 9.40. The standard InChI is InChI=1S/C25H22ClFN6O7/c26-24-31-19(28)17-20(32-24)33(11-30-17)21-16(27)18(34)15(40-21)10-39-25(22(35)36,23(37)38)9-12-1-3-13(4-2-12)14-5-7-29-8-6-14/h1-8,11,15-16,18,21,34H,9-10H2,(H,35,36)(H,37,38)(H2,28,31,32)/t15-,16+,18-,21-/m1/s1. The lowest BCUT2D eigenvalue weighted by atomic mass is 9.93. The number of rotatable bonds is 9. The molecule has 4 aromatic rings. The number of aliphatic hydroxyl groups is 1. The fraction of sp³-hybridized carbons (Fsp3) is 0.280. The Labute approximate surface area is 230 Å². The summed E-state index contributed by atoms with van der Waals surface area (Å²) in [4.78, 5) is 40.2. The first kappa shape index (κ1) is 27.3. The molecule has 40 heavy (non-hydrogen) atoms. The number of hydrogen-bond donors (Lipinski definition) is 4. The van der Waals surface area contributed by atoms with Gasteiger partial charge in [0.05, 0.1) is 12.9 Å². The van der Waals surface area contributed by atoms with E-state index in [1.54, 1.807) is 48.8 Å². The van der Waals surface area contributed by atoms with Crippen molar-refractivity contribution in [3.8, 4) is 11.1 Å². The Morgan fingerprint density at radius 2 is 1.75 bits per heavy atom. The van der Waals surface area contributed by atoms with Gasteiger partial charge < -0.3 is 30.5 Å². The lowest BCUT2D eigenvalue weighted by molar-refractivity contribution is -0.190. The Balaban J connectivity index is 1.35. The topological polar surface area (TPSA) is 196 Å². The predicted molar refractivity (Wildman–Crippen MR) is 137 cm³/mol. The van der Waals surface area contributed by atoms with Crippen molar-refractivity contribution in [1.29, 1.82) is 0 Å². The summed E-state index contributed by atoms with van der Waals surface area (Å²) in [5, 5.41) is 30.1. The second kappa shape index (κ2) is 10.7. The summed E-state index contributed by atoms with van der Waals surface area (Å²) >= 11 is 5.86. The zero-order valence-electron chi connectivity index (χ0n) is 20.5. The molecule has 1 aliphatic heterocycles. The Morgan fingerprint density at radius 3 is 2.40 bits per heavy atom. The molecular formula is C25H22ClFN6O7. The van der Waals surface area contributed by atoms with Crippen LogP contribution in [0.4, 0.5) is 10.2 Å². The van der Waals surface area contributed by atoms with E-state index in [1.807, 2.05) is 0 Å². The Morgan fingerprint density at radius 1 is 1.10 bits per heavy atom. The van der Waals surface area contributed by atoms with Crippen molar-refractivity contribution in [3.63, 3.8) is 0 Å². The number of nitrogen functional groups attached to an aromatic ring is 1. The van der Waals surface area contributed by atoms with Crippen LogP contribution in [-0.4, -0.2) is 82.3 Å². The Kier molecular flexibility index (Phi) is 7.33. The van der Waals surface area contributed by atoms with Crippen molar-refractivity contribution >= 4 is 40.5 Å². The molecule has 0 spiro atoms. The van der Waals surface area contributed by atoms with Gasteiger partial charge in [-0.1, -0.05) is 24.3 Å². The maximum Gasteiger partial charge on any atom is 0.348 e. The third-order valence-corrected chi connectivity index (χ3v) is 6.76. The van der Waals surface area contributed by atoms with Gasteiger partial charge in [-0.2, -0.15) is 9.97 Å². The van der Waals surface area contributed by atoms with Crippen molar-refractivity contribution in [2.45, 2.75) is 36.6 Å². The highest BCUT2D eigenvalue weighted by molar-refractivity contribution is 6.28. The largest absolute Gasteiger partial charge is 0.479 e. The van der Waals surface area contributed by atoms with Gasteiger partial charge in [0.15, 0.2) is 23.9 Å². The molecule has 1 aliphatic rings. The van der Waals surface area contributed by atoms with Crippen LogP contribution in [0.3, 0.4) is 0 Å². The molecule has 208 valence electrons. The van der Waals surface area contributed by atoms with Crippen LogP contribution in [0.2, 0.25) is 5.28 Å². The number of imidazole rings is 1. The minimum Gasteiger partial charge on any atom is -0.479 e. The van der Waals surface area contributed by atoms with Crippen LogP contribution in [0.25, 0.3) is 22.3 Å². The number of aliphatic carboxylic acids is 2. The number of fused-ring (bicyclic) bond motifs is 1. The molecule has 0 amide bonds. The van der Waals surface area contributed by atoms with E-state index in [1.165, 1.54) is 6.33 Å². The molecule has 0 radical (unpaired) electrons. The number of aliphatic hydroxyl groups excluding tert-OH is 1. The molecule has 4 atom stereocenters. The maximum absolute atomic E-state index is 15.2. The first-order chi connectivity index (χ1) is 19.1. The number of alkyl halides is 1. The van der Waals surface area contributed by atoms with Crippen LogP contribution in [0.5, 0.6) is 0 Å². The Bertz CT molecular complexity index is 1540. The quantitative estimate of drug-likeness (QED) is 0.168. The summed E-state index contributed by atoms with van der Waals surface area (Å²) < 4.78 is 27.4. The molecule has 1 fully saturated rings. The number of pyridine rings is 1. The third kappa shape index (κ3) is 4.93. The first-order valence-corrected chi connectivity index (χ1v) is 12.2. The van der Waals surface area contributed by atoms with Crippen LogP contribution >= 0.6 is 11.6 Å². The van der Waals surface area contributed by atoms with Gasteiger partial charge >= 0.3 is 11.9 Å². The minimum absolute atomic E-state index is 0.0412. The molecule has 4 heterocycles. The van der Waals surface area contributed by atoms with Crippen molar-refractivity contribution in [2.75, 3.05) is 12.3 Å². The van der Waals surface area contributed by atoms with Crippen LogP contribution in [0.15, 0.2) is 55.1 Å². The summed E-state index contributed by atoms with van der Waals surface area (Å²) in [6, 6.07) is 10.2. The van der Waals surface area contributed by atoms with Gasteiger partial charge in [-0.25, -0.2) is 19.0 Å². The number of anilines is 1. The van der Waals surface area contributed by atoms with E-state index in [2.05, 4.69) is 19.9 Å². The molecule has 0 unspecified atom stereocenters. The smallest absolute Gasteiger partial charge is 0.348 e. The summed E-state index contributed by atoms with van der Waals surface area (Å²) in [6.45, 7) is -0.754. The highest BCUT2D eigenvalue weighted by Gasteiger charge is 2.52. The van der Waals surface area contributed by atoms with Crippen molar-refractivity contribution in [1.82, 2.24) is 24.5 Å². The molecule has 1 aromatic carbocycles. The van der Waals surface area contributed by atoms with E-state index in [4.69, 9.17) is 26.8 Å². The average molecular weight is 573 g/mol. The molecule has 5 rings (SSSR count). The van der Waals surface area contributed by atoms with Gasteiger partial charge in [0, 0.05) is 18.8 Å². The predicted octanol–water partition coefficient (Wildman–Crippen LogP) is 1.89. The highest BCUT2D eigenvalue weighted by atomic mass is 35.5. The SMILES string of the molecule is Nc1nc(Cl)nc2c1ncn2[C@@H]1O[C@H](COC(Cc2ccc(-c3ccncc3)cc2)(C(=O)O)C(=O)O)[C@@H](O)[C@@H]1F. The number of carboxylic acids is 2. The monoisotopic (exact) mass is 572 g/mol. The third-order valence-electron chi connectivity index (χ3n) is 6.59. The second-order valence-electron chi connectivity index (χ2n) is 9.06. The summed E-state index contributed by atoms with van der Waals surface area (Å²) in [7, 11) is 0. The van der Waals surface area contributed by atoms with Crippen molar-refractivity contribution in [3.05, 3.63) is 66.0 Å². The molecular weight excluding hydrogens is 551 g/mol. The van der Waals surface area contributed by atoms with E-state index in [0.717, 1.165) is 15.7 Å². The van der Waals surface area contributed by atoms with Gasteiger partial charge in [-0.3, -0.25) is 9.55 Å². The fourth-order valence-electron chi connectivity index (χ4n) is 4.45. The van der Waals surface area contributed by atoms with Gasteiger partial charge in [0.25, 0.3) is 5.60 Å². The van der Waals surface area contributed by atoms with E-state index in [0.29, 0.717) is 5.56 Å². The van der Waals surface area contributed by atoms with Gasteiger partial charge in [0.1, 0.15) is 17.7 Å². The van der Waals surface area contributed by atoms with Crippen LogP contribution in [0.1, 0.15) is 11.8 Å². The van der Waals surface area contributed by atoms with Gasteiger partial charge in [-0.05, 0) is 40.4 Å². The van der Waals surface area contributed by atoms with Crippen LogP contribution in [-0.2, 0) is 25.5 Å². The zero-order valence-corrected chi connectivity index (χ0v) is 21.2. The molecule has 1 saturated heterocycles. The van der Waals surface area contributed by atoms with Crippen molar-refractivity contribution in [2.24, 2.45) is 0 Å². The van der Waals surface area contributed by atoms with Gasteiger partial charge in [0.2, 0.25) is 5.28 Å². The number of nitrogens with zero attached hydrogens (tertiary/aromatic N) is 5. The van der Waals surface area contributed by atoms with Gasteiger partial charge in [-0.15, -0.1) is 0 Å². The van der Waals surface area contributed by atoms with Crippen LogP contribution < -0.4 is 5.73 Å². The minimum atomic E-state index is -2.75. The summed E-state index contributed by atoms with van der Waals surface area (Å²) in [6.07, 6.45) is -2.87. The summed E-state index contributed by atoms with van der Waals surface area (Å²) in [5.41, 5.74) is 5.24. The fourth-order valence-corrected chi connectivity index (χ4v) is 4.62. The average Bonchev–Trinajstić information content (AvgIpc) is 3.47. The molecule has 15 heteroatoms. The van der Waals surface area contributed by atoms with Crippen LogP contribution in [0, 0.1) is 0 Å². The number of ether oxygens (including phenoxy) is 2. The molecule has 5 N–H and O–H groups in total. The normalized spacial score (nSPS) is 21.1. The van der Waals surface area contributed by atoms with Crippen molar-refractivity contribution < 1.29 is 38.8 Å². The Hall–Kier alpha value is -4.24. The van der Waals surface area contributed by atoms with E-state index < -0.39 is 55.2 Å². The van der Waals surface area contributed by atoms with E-state index >= 15 is 4.39 Å². The van der Waals surface area contributed by atoms with E-state index in [9.17, 15) is 24.9 Å². The number of halogens is 2. The zero-order chi connectivity index (χ0) is 28.6. The number of nitrogens with two attached hydrogens (primary N) is 1. The number of aromatic nitrogens is 5. The molecule has 3 aromatic heterocycles.